The lowest BCUT2D eigenvalue weighted by molar-refractivity contribution is -0.138. The molecule has 0 aromatic heterocycles. The summed E-state index contributed by atoms with van der Waals surface area (Å²) < 4.78 is 21.3. The van der Waals surface area contributed by atoms with Gasteiger partial charge in [0.15, 0.2) is 9.84 Å². The summed E-state index contributed by atoms with van der Waals surface area (Å²) in [6, 6.07) is 0. The van der Waals surface area contributed by atoms with E-state index in [0.29, 0.717) is 0 Å². The van der Waals surface area contributed by atoms with Crippen molar-refractivity contribution < 1.29 is 18.3 Å². The van der Waals surface area contributed by atoms with E-state index in [2.05, 4.69) is 0 Å². The molecule has 0 amide bonds. The molecule has 0 radical (unpaired) electrons. The van der Waals surface area contributed by atoms with Crippen molar-refractivity contribution in [2.75, 3.05) is 6.26 Å². The zero-order chi connectivity index (χ0) is 7.94. The quantitative estimate of drug-likeness (QED) is 0.597. The van der Waals surface area contributed by atoms with Crippen molar-refractivity contribution in [2.45, 2.75) is 11.7 Å². The topological polar surface area (TPSA) is 71.4 Å². The summed E-state index contributed by atoms with van der Waals surface area (Å²) in [5.41, 5.74) is 0. The van der Waals surface area contributed by atoms with Crippen LogP contribution in [0.1, 0.15) is 6.42 Å². The molecule has 0 unspecified atom stereocenters. The molecule has 1 saturated carbocycles. The summed E-state index contributed by atoms with van der Waals surface area (Å²) in [6.07, 6.45) is 1.36. The Balaban J connectivity index is 2.64. The molecule has 0 heterocycles. The first-order valence-corrected chi connectivity index (χ1v) is 4.80. The molecule has 1 N–H and O–H groups in total. The standard InChI is InChI=1S/C5H8O4S/c1-10(8,9)4-2-3(4)5(6)7/h3-4H,2H2,1H3,(H,6,7)/t3-,4-/m0/s1. The van der Waals surface area contributed by atoms with Gasteiger partial charge in [0.05, 0.1) is 11.2 Å². The van der Waals surface area contributed by atoms with Gasteiger partial charge in [0.25, 0.3) is 0 Å². The monoisotopic (exact) mass is 164 g/mol. The highest BCUT2D eigenvalue weighted by Gasteiger charge is 2.49. The maximum atomic E-state index is 10.6. The first-order chi connectivity index (χ1) is 4.43. The summed E-state index contributed by atoms with van der Waals surface area (Å²) in [6.45, 7) is 0. The minimum absolute atomic E-state index is 0.286. The Bertz CT molecular complexity index is 253. The SMILES string of the molecule is CS(=O)(=O)[C@H]1C[C@@H]1C(=O)O. The highest BCUT2D eigenvalue weighted by Crippen LogP contribution is 2.36. The molecular weight excluding hydrogens is 156 g/mol. The van der Waals surface area contributed by atoms with Crippen LogP contribution in [0.25, 0.3) is 0 Å². The van der Waals surface area contributed by atoms with Crippen LogP contribution in [0.5, 0.6) is 0 Å². The average Bonchev–Trinajstić information content (AvgIpc) is 2.35. The number of hydrogen-bond donors (Lipinski definition) is 1. The van der Waals surface area contributed by atoms with Gasteiger partial charge in [-0.1, -0.05) is 0 Å². The summed E-state index contributed by atoms with van der Waals surface area (Å²) in [5, 5.41) is 7.70. The van der Waals surface area contributed by atoms with Crippen molar-refractivity contribution >= 4 is 15.8 Å². The zero-order valence-corrected chi connectivity index (χ0v) is 6.26. The lowest BCUT2D eigenvalue weighted by Crippen LogP contribution is -2.10. The van der Waals surface area contributed by atoms with Crippen molar-refractivity contribution in [1.29, 1.82) is 0 Å². The molecule has 0 aliphatic heterocycles. The Labute approximate surface area is 58.8 Å². The van der Waals surface area contributed by atoms with E-state index in [1.165, 1.54) is 0 Å². The van der Waals surface area contributed by atoms with Crippen molar-refractivity contribution in [3.8, 4) is 0 Å². The van der Waals surface area contributed by atoms with Gasteiger partial charge in [0.2, 0.25) is 0 Å². The van der Waals surface area contributed by atoms with E-state index in [1.54, 1.807) is 0 Å². The third-order valence-electron chi connectivity index (χ3n) is 1.60. The predicted molar refractivity (Wildman–Crippen MR) is 34.4 cm³/mol. The van der Waals surface area contributed by atoms with E-state index in [4.69, 9.17) is 5.11 Å². The summed E-state index contributed by atoms with van der Waals surface area (Å²) >= 11 is 0. The van der Waals surface area contributed by atoms with Crippen LogP contribution in [0.3, 0.4) is 0 Å². The van der Waals surface area contributed by atoms with Crippen molar-refractivity contribution in [3.63, 3.8) is 0 Å². The fourth-order valence-corrected chi connectivity index (χ4v) is 2.17. The molecule has 0 aromatic rings. The van der Waals surface area contributed by atoms with Gasteiger partial charge in [-0.05, 0) is 6.42 Å². The molecule has 10 heavy (non-hydrogen) atoms. The van der Waals surface area contributed by atoms with Gasteiger partial charge in [-0.25, -0.2) is 8.42 Å². The fraction of sp³-hybridized carbons (Fsp3) is 0.800. The zero-order valence-electron chi connectivity index (χ0n) is 5.44. The molecule has 1 aliphatic rings. The second kappa shape index (κ2) is 1.95. The molecule has 1 fully saturated rings. The van der Waals surface area contributed by atoms with E-state index in [-0.39, 0.29) is 6.42 Å². The van der Waals surface area contributed by atoms with E-state index in [0.717, 1.165) is 6.26 Å². The van der Waals surface area contributed by atoms with Crippen LogP contribution in [0.15, 0.2) is 0 Å². The number of aliphatic carboxylic acids is 1. The molecule has 0 bridgehead atoms. The third kappa shape index (κ3) is 1.29. The largest absolute Gasteiger partial charge is 0.481 e. The number of carbonyl (C=O) groups is 1. The van der Waals surface area contributed by atoms with Crippen LogP contribution < -0.4 is 0 Å². The van der Waals surface area contributed by atoms with Gasteiger partial charge < -0.3 is 5.11 Å². The Morgan fingerprint density at radius 3 is 2.20 bits per heavy atom. The Hall–Kier alpha value is -0.580. The summed E-state index contributed by atoms with van der Waals surface area (Å²) in [7, 11) is -3.10. The molecule has 0 saturated heterocycles. The number of sulfone groups is 1. The lowest BCUT2D eigenvalue weighted by Gasteiger charge is -1.90. The van der Waals surface area contributed by atoms with Gasteiger partial charge in [-0.3, -0.25) is 4.79 Å². The Morgan fingerprint density at radius 1 is 1.60 bits per heavy atom. The molecule has 58 valence electrons. The molecular formula is C5H8O4S. The second-order valence-corrected chi connectivity index (χ2v) is 4.81. The number of rotatable bonds is 2. The number of hydrogen-bond acceptors (Lipinski definition) is 3. The minimum Gasteiger partial charge on any atom is -0.481 e. The first-order valence-electron chi connectivity index (χ1n) is 2.84. The second-order valence-electron chi connectivity index (χ2n) is 2.55. The van der Waals surface area contributed by atoms with Gasteiger partial charge in [0.1, 0.15) is 0 Å². The highest BCUT2D eigenvalue weighted by molar-refractivity contribution is 7.91. The van der Waals surface area contributed by atoms with Gasteiger partial charge in [-0.2, -0.15) is 0 Å². The third-order valence-corrected chi connectivity index (χ3v) is 3.22. The van der Waals surface area contributed by atoms with Crippen molar-refractivity contribution in [2.24, 2.45) is 5.92 Å². The van der Waals surface area contributed by atoms with E-state index < -0.39 is 27.0 Å². The molecule has 5 heteroatoms. The molecule has 1 aliphatic carbocycles. The molecule has 0 spiro atoms. The molecule has 1 rings (SSSR count). The van der Waals surface area contributed by atoms with Crippen LogP contribution in [0, 0.1) is 5.92 Å². The smallest absolute Gasteiger partial charge is 0.307 e. The molecule has 4 nitrogen and oxygen atoms in total. The van der Waals surface area contributed by atoms with E-state index in [9.17, 15) is 13.2 Å². The average molecular weight is 164 g/mol. The van der Waals surface area contributed by atoms with Crippen LogP contribution in [0.2, 0.25) is 0 Å². The van der Waals surface area contributed by atoms with Crippen LogP contribution >= 0.6 is 0 Å². The Morgan fingerprint density at radius 2 is 2.10 bits per heavy atom. The summed E-state index contributed by atoms with van der Waals surface area (Å²) in [5.74, 6) is -1.65. The van der Waals surface area contributed by atoms with Gasteiger partial charge >= 0.3 is 5.97 Å². The maximum absolute atomic E-state index is 10.6. The molecule has 2 atom stereocenters. The normalized spacial score (nSPS) is 31.7. The van der Waals surface area contributed by atoms with Crippen LogP contribution in [-0.4, -0.2) is 31.0 Å². The first kappa shape index (κ1) is 7.53. The molecule has 0 aromatic carbocycles. The van der Waals surface area contributed by atoms with Crippen molar-refractivity contribution in [1.82, 2.24) is 0 Å². The van der Waals surface area contributed by atoms with Crippen LogP contribution in [-0.2, 0) is 14.6 Å². The van der Waals surface area contributed by atoms with Gasteiger partial charge in [-0.15, -0.1) is 0 Å². The highest BCUT2D eigenvalue weighted by atomic mass is 32.2. The number of carboxylic acids is 1. The lowest BCUT2D eigenvalue weighted by atomic mass is 10.4. The van der Waals surface area contributed by atoms with Crippen molar-refractivity contribution in [3.05, 3.63) is 0 Å². The minimum atomic E-state index is -3.10. The van der Waals surface area contributed by atoms with E-state index in [1.807, 2.05) is 0 Å². The van der Waals surface area contributed by atoms with Crippen LogP contribution in [0.4, 0.5) is 0 Å². The number of carboxylic acid groups (broad SMARTS) is 1. The maximum Gasteiger partial charge on any atom is 0.307 e. The fourth-order valence-electron chi connectivity index (χ4n) is 0.905. The predicted octanol–water partition coefficient (Wildman–Crippen LogP) is -0.496. The van der Waals surface area contributed by atoms with Gasteiger partial charge in [0, 0.05) is 6.26 Å². The Kier molecular flexibility index (Phi) is 1.47. The summed E-state index contributed by atoms with van der Waals surface area (Å²) in [4.78, 5) is 10.2. The van der Waals surface area contributed by atoms with E-state index >= 15 is 0 Å².